The van der Waals surface area contributed by atoms with Crippen molar-refractivity contribution in [2.45, 2.75) is 24.7 Å². The minimum Gasteiger partial charge on any atom is -0.497 e. The van der Waals surface area contributed by atoms with Crippen molar-refractivity contribution >= 4 is 28.3 Å². The second-order valence-electron chi connectivity index (χ2n) is 5.75. The van der Waals surface area contributed by atoms with E-state index in [2.05, 4.69) is 5.10 Å². The number of methoxy groups -OCH3 is 1. The van der Waals surface area contributed by atoms with E-state index < -0.39 is 26.1 Å². The Kier molecular flexibility index (Phi) is 6.71. The number of sulfonamides is 1. The number of carboxylic acid groups (broad SMARTS) is 1. The average molecular weight is 409 g/mol. The number of carbonyl (C=O) groups is 2. The smallest absolute Gasteiger partial charge is 0.497 e. The lowest BCUT2D eigenvalue weighted by atomic mass is 10.2. The van der Waals surface area contributed by atoms with Gasteiger partial charge < -0.3 is 14.6 Å². The molecule has 0 saturated heterocycles. The average Bonchev–Trinajstić information content (AvgIpc) is 2.92. The fourth-order valence-electron chi connectivity index (χ4n) is 2.28. The largest absolute Gasteiger partial charge is 0.562 e. The summed E-state index contributed by atoms with van der Waals surface area (Å²) in [6.07, 6.45) is 3.83. The molecular formula is C18H21N2O7S+. The van der Waals surface area contributed by atoms with Crippen LogP contribution in [0.15, 0.2) is 58.2 Å². The number of unbranched alkanes of at least 4 members (excludes halogenated alkanes) is 1. The third-order valence-corrected chi connectivity index (χ3v) is 5.89. The van der Waals surface area contributed by atoms with Crippen molar-refractivity contribution in [1.29, 1.82) is 0 Å². The molecule has 28 heavy (non-hydrogen) atoms. The molecule has 1 atom stereocenters. The highest BCUT2D eigenvalue weighted by Crippen LogP contribution is 2.29. The monoisotopic (exact) mass is 409 g/mol. The first kappa shape index (κ1) is 21.3. The maximum atomic E-state index is 13.0. The van der Waals surface area contributed by atoms with E-state index in [1.807, 2.05) is 6.92 Å². The van der Waals surface area contributed by atoms with Crippen LogP contribution in [0.25, 0.3) is 0 Å². The summed E-state index contributed by atoms with van der Waals surface area (Å²) in [5, 5.41) is 13.4. The summed E-state index contributed by atoms with van der Waals surface area (Å²) in [5.74, 6) is -0.280. The summed E-state index contributed by atoms with van der Waals surface area (Å²) >= 11 is 0. The third-order valence-electron chi connectivity index (χ3n) is 3.91. The van der Waals surface area contributed by atoms with Crippen LogP contribution in [-0.2, 0) is 19.6 Å². The van der Waals surface area contributed by atoms with Crippen molar-refractivity contribution in [2.24, 2.45) is 5.10 Å². The maximum Gasteiger partial charge on any atom is 0.562 e. The van der Waals surface area contributed by atoms with E-state index in [-0.39, 0.29) is 17.1 Å². The lowest BCUT2D eigenvalue weighted by Crippen LogP contribution is -2.47. The zero-order chi connectivity index (χ0) is 20.8. The summed E-state index contributed by atoms with van der Waals surface area (Å²) in [4.78, 5) is 23.7. The van der Waals surface area contributed by atoms with Crippen LogP contribution in [0, 0.1) is 0 Å². The van der Waals surface area contributed by atoms with Gasteiger partial charge in [0.25, 0.3) is 0 Å². The Hall–Kier alpha value is -2.98. The Bertz CT molecular complexity index is 933. The van der Waals surface area contributed by atoms with Gasteiger partial charge >= 0.3 is 22.1 Å². The van der Waals surface area contributed by atoms with Crippen molar-refractivity contribution in [1.82, 2.24) is 0 Å². The van der Waals surface area contributed by atoms with Gasteiger partial charge in [-0.1, -0.05) is 18.4 Å². The molecule has 1 amide bonds. The Morgan fingerprint density at radius 1 is 1.21 bits per heavy atom. The summed E-state index contributed by atoms with van der Waals surface area (Å²) in [6.45, 7) is 2.15. The molecule has 1 aliphatic heterocycles. The van der Waals surface area contributed by atoms with Gasteiger partial charge in [0.05, 0.1) is 25.5 Å². The fourth-order valence-corrected chi connectivity index (χ4v) is 3.69. The van der Waals surface area contributed by atoms with Crippen LogP contribution < -0.4 is 4.74 Å². The molecule has 0 aliphatic carbocycles. The summed E-state index contributed by atoms with van der Waals surface area (Å²) in [5.41, 5.74) is -0.00830. The molecule has 0 spiro atoms. The second kappa shape index (κ2) is 8.81. The molecule has 1 heterocycles. The number of amides is 1. The van der Waals surface area contributed by atoms with Gasteiger partial charge in [0, 0.05) is 10.1 Å². The molecule has 0 aromatic heterocycles. The summed E-state index contributed by atoms with van der Waals surface area (Å²) in [6, 6.07) is 5.23. The Morgan fingerprint density at radius 2 is 1.89 bits per heavy atom. The number of quaternary nitrogens is 1. The second-order valence-corrected chi connectivity index (χ2v) is 7.73. The minimum atomic E-state index is -4.53. The number of hydrogen-bond acceptors (Lipinski definition) is 7. The number of benzene rings is 1. The number of esters is 1. The number of nitrogens with zero attached hydrogens (tertiary/aromatic N) is 2. The van der Waals surface area contributed by atoms with Crippen LogP contribution in [-0.4, -0.2) is 49.5 Å². The molecule has 1 unspecified atom stereocenters. The number of carbonyl (C=O) groups excluding carboxylic acids is 1. The highest BCUT2D eigenvalue weighted by molar-refractivity contribution is 7.86. The molecule has 9 nitrogen and oxygen atoms in total. The molecule has 0 radical (unpaired) electrons. The van der Waals surface area contributed by atoms with Crippen molar-refractivity contribution in [3.05, 3.63) is 48.2 Å². The molecule has 0 bridgehead atoms. The van der Waals surface area contributed by atoms with E-state index in [1.54, 1.807) is 0 Å². The molecule has 2 rings (SSSR count). The number of ether oxygens (including phenoxy) is 2. The Labute approximate surface area is 162 Å². The van der Waals surface area contributed by atoms with Crippen molar-refractivity contribution in [3.63, 3.8) is 0 Å². The third kappa shape index (κ3) is 4.12. The predicted octanol–water partition coefficient (Wildman–Crippen LogP) is 2.66. The van der Waals surface area contributed by atoms with Crippen molar-refractivity contribution in [2.75, 3.05) is 13.7 Å². The van der Waals surface area contributed by atoms with Gasteiger partial charge in [-0.2, -0.15) is 13.2 Å². The van der Waals surface area contributed by atoms with E-state index in [1.165, 1.54) is 37.5 Å². The topological polar surface area (TPSA) is 119 Å². The van der Waals surface area contributed by atoms with E-state index in [9.17, 15) is 23.1 Å². The predicted molar refractivity (Wildman–Crippen MR) is 100 cm³/mol. The number of rotatable bonds is 7. The minimum absolute atomic E-state index is 0.00830. The molecule has 150 valence electrons. The maximum absolute atomic E-state index is 13.0. The lowest BCUT2D eigenvalue weighted by Gasteiger charge is -2.20. The van der Waals surface area contributed by atoms with Crippen molar-refractivity contribution < 1.29 is 36.6 Å². The fraction of sp³-hybridized carbons (Fsp3) is 0.278. The molecule has 1 aromatic rings. The van der Waals surface area contributed by atoms with Gasteiger partial charge in [0.2, 0.25) is 0 Å². The first-order valence-corrected chi connectivity index (χ1v) is 9.86. The molecule has 1 aliphatic rings. The molecule has 1 aromatic carbocycles. The molecule has 10 heteroatoms. The van der Waals surface area contributed by atoms with Crippen LogP contribution in [0.2, 0.25) is 0 Å². The van der Waals surface area contributed by atoms with E-state index >= 15 is 0 Å². The van der Waals surface area contributed by atoms with Crippen LogP contribution in [0.1, 0.15) is 19.8 Å². The van der Waals surface area contributed by atoms with Gasteiger partial charge in [-0.3, -0.25) is 0 Å². The normalized spacial score (nSPS) is 18.9. The number of allylic oxidation sites excluding steroid dienone is 1. The van der Waals surface area contributed by atoms with E-state index in [4.69, 9.17) is 9.47 Å². The van der Waals surface area contributed by atoms with Crippen LogP contribution in [0.4, 0.5) is 4.79 Å². The van der Waals surface area contributed by atoms with Gasteiger partial charge in [-0.25, -0.2) is 4.79 Å². The zero-order valence-corrected chi connectivity index (χ0v) is 16.3. The van der Waals surface area contributed by atoms with Gasteiger partial charge in [0.15, 0.2) is 6.20 Å². The zero-order valence-electron chi connectivity index (χ0n) is 15.4. The summed E-state index contributed by atoms with van der Waals surface area (Å²) < 4.78 is 34.3. The van der Waals surface area contributed by atoms with Crippen molar-refractivity contribution in [3.8, 4) is 5.75 Å². The SMILES string of the molecule is CCCCOC(=O)C1=CC=N[N+](C(=O)O)(S(=O)(=O)c2ccc(OC)cc2)C=C1. The Balaban J connectivity index is 2.40. The first-order chi connectivity index (χ1) is 13.3. The molecule has 0 fully saturated rings. The van der Waals surface area contributed by atoms with E-state index in [0.29, 0.717) is 12.2 Å². The van der Waals surface area contributed by atoms with Crippen LogP contribution in [0.5, 0.6) is 5.75 Å². The molecular weight excluding hydrogens is 388 g/mol. The van der Waals surface area contributed by atoms with E-state index in [0.717, 1.165) is 24.9 Å². The van der Waals surface area contributed by atoms with Gasteiger partial charge in [0.1, 0.15) is 10.6 Å². The van der Waals surface area contributed by atoms with Crippen LogP contribution >= 0.6 is 0 Å². The number of hydrogen-bond donors (Lipinski definition) is 1. The standard InChI is InChI=1S/C18H20N2O7S/c1-3-4-13-27-17(21)14-9-11-19-20(12-10-14,18(22)23)28(24,25)16-7-5-15(26-2)6-8-16/h5-12H,3-4,13H2,1-2H3/p+1. The van der Waals surface area contributed by atoms with Gasteiger partial charge in [-0.15, -0.1) is 0 Å². The Morgan fingerprint density at radius 3 is 2.46 bits per heavy atom. The first-order valence-electron chi connectivity index (χ1n) is 8.42. The molecule has 1 N–H and O–H groups in total. The lowest BCUT2D eigenvalue weighted by molar-refractivity contribution is -0.678. The highest BCUT2D eigenvalue weighted by Gasteiger charge is 2.51. The van der Waals surface area contributed by atoms with Gasteiger partial charge in [-0.05, 0) is 36.8 Å². The summed E-state index contributed by atoms with van der Waals surface area (Å²) in [7, 11) is -3.11. The van der Waals surface area contributed by atoms with Crippen LogP contribution in [0.3, 0.4) is 0 Å². The highest BCUT2D eigenvalue weighted by atomic mass is 32.2. The quantitative estimate of drug-likeness (QED) is 0.418. The molecule has 0 saturated carbocycles.